The monoisotopic (exact) mass is 312 g/mol. The van der Waals surface area contributed by atoms with Gasteiger partial charge in [0.25, 0.3) is 0 Å². The first kappa shape index (κ1) is 13.4. The lowest BCUT2D eigenvalue weighted by atomic mass is 9.92. The van der Waals surface area contributed by atoms with E-state index in [1.165, 1.54) is 0 Å². The third-order valence-corrected chi connectivity index (χ3v) is 3.43. The molecule has 0 atom stereocenters. The zero-order valence-corrected chi connectivity index (χ0v) is 12.0. The third kappa shape index (κ3) is 2.37. The van der Waals surface area contributed by atoms with Crippen LogP contribution in [0.5, 0.6) is 5.75 Å². The summed E-state index contributed by atoms with van der Waals surface area (Å²) < 4.78 is 10.6. The standard InChI is InChI=1S/C13H16N2O2.BrH/c1-16-10-2-3-11-12(8-10)17-15-13(11)9-4-6-14-7-5-9;/h2-3,8-9,14H,4-7H2,1H3;1H. The molecule has 0 bridgehead atoms. The van der Waals surface area contributed by atoms with Crippen molar-refractivity contribution >= 4 is 28.0 Å². The van der Waals surface area contributed by atoms with Crippen LogP contribution in [0.2, 0.25) is 0 Å². The Bertz CT molecular complexity index is 521. The minimum Gasteiger partial charge on any atom is -0.497 e. The molecule has 0 radical (unpaired) electrons. The summed E-state index contributed by atoms with van der Waals surface area (Å²) in [5, 5.41) is 8.72. The summed E-state index contributed by atoms with van der Waals surface area (Å²) in [6, 6.07) is 5.90. The largest absolute Gasteiger partial charge is 0.497 e. The third-order valence-electron chi connectivity index (χ3n) is 3.43. The molecule has 2 heterocycles. The Morgan fingerprint density at radius 1 is 1.33 bits per heavy atom. The van der Waals surface area contributed by atoms with Crippen LogP contribution in [0.25, 0.3) is 11.0 Å². The number of rotatable bonds is 2. The second-order valence-electron chi connectivity index (χ2n) is 4.45. The Hall–Kier alpha value is -1.07. The summed E-state index contributed by atoms with van der Waals surface area (Å²) in [5.74, 6) is 1.33. The van der Waals surface area contributed by atoms with Crippen LogP contribution in [0.15, 0.2) is 22.7 Å². The maximum absolute atomic E-state index is 5.39. The number of nitrogens with zero attached hydrogens (tertiary/aromatic N) is 1. The topological polar surface area (TPSA) is 47.3 Å². The Morgan fingerprint density at radius 3 is 2.83 bits per heavy atom. The maximum Gasteiger partial charge on any atom is 0.170 e. The number of ether oxygens (including phenoxy) is 1. The van der Waals surface area contributed by atoms with Crippen LogP contribution in [0.4, 0.5) is 0 Å². The van der Waals surface area contributed by atoms with Gasteiger partial charge in [-0.2, -0.15) is 0 Å². The molecule has 4 nitrogen and oxygen atoms in total. The summed E-state index contributed by atoms with van der Waals surface area (Å²) >= 11 is 0. The molecule has 0 aliphatic carbocycles. The highest BCUT2D eigenvalue weighted by molar-refractivity contribution is 8.93. The molecule has 1 aliphatic rings. The zero-order chi connectivity index (χ0) is 11.7. The van der Waals surface area contributed by atoms with Crippen molar-refractivity contribution in [2.75, 3.05) is 20.2 Å². The number of hydrogen-bond acceptors (Lipinski definition) is 4. The van der Waals surface area contributed by atoms with Gasteiger partial charge in [-0.25, -0.2) is 0 Å². The quantitative estimate of drug-likeness (QED) is 0.926. The molecule has 1 N–H and O–H groups in total. The normalized spacial score (nSPS) is 16.5. The summed E-state index contributed by atoms with van der Waals surface area (Å²) in [6.45, 7) is 2.13. The molecule has 1 aromatic carbocycles. The smallest absolute Gasteiger partial charge is 0.170 e. The molecule has 5 heteroatoms. The lowest BCUT2D eigenvalue weighted by Crippen LogP contribution is -2.26. The molecule has 18 heavy (non-hydrogen) atoms. The number of benzene rings is 1. The van der Waals surface area contributed by atoms with Crippen molar-refractivity contribution in [3.05, 3.63) is 23.9 Å². The Kier molecular flexibility index (Phi) is 4.24. The molecule has 1 saturated heterocycles. The van der Waals surface area contributed by atoms with Crippen molar-refractivity contribution < 1.29 is 9.26 Å². The van der Waals surface area contributed by atoms with E-state index in [1.54, 1.807) is 7.11 Å². The van der Waals surface area contributed by atoms with Gasteiger partial charge in [0.1, 0.15) is 5.75 Å². The number of methoxy groups -OCH3 is 1. The van der Waals surface area contributed by atoms with Crippen LogP contribution in [-0.2, 0) is 0 Å². The fraction of sp³-hybridized carbons (Fsp3) is 0.462. The highest BCUT2D eigenvalue weighted by atomic mass is 79.9. The summed E-state index contributed by atoms with van der Waals surface area (Å²) in [6.07, 6.45) is 2.27. The van der Waals surface area contributed by atoms with Crippen molar-refractivity contribution in [2.24, 2.45) is 0 Å². The summed E-state index contributed by atoms with van der Waals surface area (Å²) in [7, 11) is 1.66. The van der Waals surface area contributed by atoms with Gasteiger partial charge in [-0.15, -0.1) is 17.0 Å². The number of hydrogen-bond donors (Lipinski definition) is 1. The van der Waals surface area contributed by atoms with Crippen LogP contribution in [-0.4, -0.2) is 25.4 Å². The van der Waals surface area contributed by atoms with Gasteiger partial charge in [0.05, 0.1) is 12.8 Å². The first-order chi connectivity index (χ1) is 8.38. The molecule has 0 unspecified atom stereocenters. The van der Waals surface area contributed by atoms with E-state index >= 15 is 0 Å². The Balaban J connectivity index is 0.00000120. The van der Waals surface area contributed by atoms with E-state index in [0.29, 0.717) is 5.92 Å². The van der Waals surface area contributed by atoms with Gasteiger partial charge in [0.15, 0.2) is 5.58 Å². The highest BCUT2D eigenvalue weighted by Gasteiger charge is 2.21. The molecule has 1 aromatic heterocycles. The Labute approximate surface area is 116 Å². The van der Waals surface area contributed by atoms with Crippen LogP contribution >= 0.6 is 17.0 Å². The predicted octanol–water partition coefficient (Wildman–Crippen LogP) is 2.88. The number of piperidine rings is 1. The van der Waals surface area contributed by atoms with E-state index in [4.69, 9.17) is 9.26 Å². The first-order valence-electron chi connectivity index (χ1n) is 6.02. The van der Waals surface area contributed by atoms with Crippen molar-refractivity contribution in [2.45, 2.75) is 18.8 Å². The number of fused-ring (bicyclic) bond motifs is 1. The van der Waals surface area contributed by atoms with Crippen molar-refractivity contribution in [1.82, 2.24) is 10.5 Å². The summed E-state index contributed by atoms with van der Waals surface area (Å²) in [4.78, 5) is 0. The van der Waals surface area contributed by atoms with E-state index in [9.17, 15) is 0 Å². The van der Waals surface area contributed by atoms with Crippen LogP contribution in [0.1, 0.15) is 24.5 Å². The number of nitrogens with one attached hydrogen (secondary N) is 1. The Morgan fingerprint density at radius 2 is 2.11 bits per heavy atom. The van der Waals surface area contributed by atoms with E-state index in [-0.39, 0.29) is 17.0 Å². The minimum absolute atomic E-state index is 0. The molecule has 3 rings (SSSR count). The highest BCUT2D eigenvalue weighted by Crippen LogP contribution is 2.32. The fourth-order valence-electron chi connectivity index (χ4n) is 2.45. The van der Waals surface area contributed by atoms with Crippen molar-refractivity contribution in [3.8, 4) is 5.75 Å². The van der Waals surface area contributed by atoms with E-state index in [2.05, 4.69) is 10.5 Å². The second kappa shape index (κ2) is 5.71. The van der Waals surface area contributed by atoms with Crippen LogP contribution in [0, 0.1) is 0 Å². The molecule has 2 aromatic rings. The lowest BCUT2D eigenvalue weighted by Gasteiger charge is -2.20. The van der Waals surface area contributed by atoms with Gasteiger partial charge in [0, 0.05) is 17.4 Å². The zero-order valence-electron chi connectivity index (χ0n) is 10.3. The predicted molar refractivity (Wildman–Crippen MR) is 75.7 cm³/mol. The summed E-state index contributed by atoms with van der Waals surface area (Å²) in [5.41, 5.74) is 1.92. The first-order valence-corrected chi connectivity index (χ1v) is 6.02. The van der Waals surface area contributed by atoms with Gasteiger partial charge < -0.3 is 14.6 Å². The van der Waals surface area contributed by atoms with E-state index < -0.39 is 0 Å². The number of halogens is 1. The molecule has 0 saturated carbocycles. The van der Waals surface area contributed by atoms with E-state index in [1.807, 2.05) is 18.2 Å². The van der Waals surface area contributed by atoms with E-state index in [0.717, 1.165) is 48.3 Å². The second-order valence-corrected chi connectivity index (χ2v) is 4.45. The maximum atomic E-state index is 5.39. The van der Waals surface area contributed by atoms with Gasteiger partial charge in [-0.05, 0) is 38.1 Å². The van der Waals surface area contributed by atoms with Gasteiger partial charge in [-0.1, -0.05) is 5.16 Å². The number of aromatic nitrogens is 1. The van der Waals surface area contributed by atoms with Gasteiger partial charge >= 0.3 is 0 Å². The van der Waals surface area contributed by atoms with Gasteiger partial charge in [0.2, 0.25) is 0 Å². The lowest BCUT2D eigenvalue weighted by molar-refractivity contribution is 0.400. The molecule has 0 spiro atoms. The van der Waals surface area contributed by atoms with Gasteiger partial charge in [-0.3, -0.25) is 0 Å². The van der Waals surface area contributed by atoms with Crippen molar-refractivity contribution in [1.29, 1.82) is 0 Å². The molecular formula is C13H17BrN2O2. The molecular weight excluding hydrogens is 296 g/mol. The van der Waals surface area contributed by atoms with Crippen LogP contribution < -0.4 is 10.1 Å². The SMILES string of the molecule is Br.COc1ccc2c(C3CCNCC3)noc2c1. The molecule has 98 valence electrons. The average Bonchev–Trinajstić information content (AvgIpc) is 2.82. The van der Waals surface area contributed by atoms with Crippen molar-refractivity contribution in [3.63, 3.8) is 0 Å². The fourth-order valence-corrected chi connectivity index (χ4v) is 2.45. The molecule has 0 amide bonds. The molecule has 1 fully saturated rings. The minimum atomic E-state index is 0. The van der Waals surface area contributed by atoms with Crippen LogP contribution in [0.3, 0.4) is 0 Å². The molecule has 1 aliphatic heterocycles. The average molecular weight is 313 g/mol.